The van der Waals surface area contributed by atoms with Gasteiger partial charge in [-0.3, -0.25) is 9.59 Å². The van der Waals surface area contributed by atoms with E-state index in [-0.39, 0.29) is 36.4 Å². The van der Waals surface area contributed by atoms with Crippen molar-refractivity contribution in [1.82, 2.24) is 20.3 Å². The van der Waals surface area contributed by atoms with Crippen molar-refractivity contribution in [3.8, 4) is 0 Å². The van der Waals surface area contributed by atoms with Crippen LogP contribution in [0.15, 0.2) is 6.20 Å². The van der Waals surface area contributed by atoms with E-state index in [1.54, 1.807) is 6.20 Å². The Bertz CT molecular complexity index is 638. The second kappa shape index (κ2) is 10.5. The Morgan fingerprint density at radius 1 is 1.18 bits per heavy atom. The van der Waals surface area contributed by atoms with E-state index in [2.05, 4.69) is 29.5 Å². The van der Waals surface area contributed by atoms with Gasteiger partial charge in [0.2, 0.25) is 5.91 Å². The quantitative estimate of drug-likeness (QED) is 0.546. The Kier molecular flexibility index (Phi) is 9.07. The van der Waals surface area contributed by atoms with Crippen molar-refractivity contribution in [1.29, 1.82) is 0 Å². The molecule has 0 saturated carbocycles. The summed E-state index contributed by atoms with van der Waals surface area (Å²) in [6, 6.07) is 0. The minimum atomic E-state index is -0.400. The van der Waals surface area contributed by atoms with Crippen LogP contribution in [0.1, 0.15) is 72.9 Å². The van der Waals surface area contributed by atoms with Crippen LogP contribution in [0.25, 0.3) is 0 Å². The molecule has 0 atom stereocenters. The number of rotatable bonds is 12. The van der Waals surface area contributed by atoms with Gasteiger partial charge >= 0.3 is 5.97 Å². The molecule has 1 amide bonds. The summed E-state index contributed by atoms with van der Waals surface area (Å²) >= 11 is 0. The molecule has 1 heterocycles. The molecule has 1 rings (SSSR count). The maximum atomic E-state index is 12.0. The normalized spacial score (nSPS) is 12.3. The highest BCUT2D eigenvalue weighted by Gasteiger charge is 2.23. The fourth-order valence-corrected chi connectivity index (χ4v) is 2.37. The largest absolute Gasteiger partial charge is 0.464 e. The van der Waals surface area contributed by atoms with E-state index in [0.717, 1.165) is 12.1 Å². The van der Waals surface area contributed by atoms with Crippen LogP contribution in [-0.2, 0) is 25.6 Å². The van der Waals surface area contributed by atoms with Crippen LogP contribution in [0.3, 0.4) is 0 Å². The van der Waals surface area contributed by atoms with Crippen LogP contribution in [0.4, 0.5) is 0 Å². The molecule has 0 aromatic carbocycles. The number of nitrogens with one attached hydrogen (secondary N) is 1. The molecule has 160 valence electrons. The topological polar surface area (TPSA) is 95.3 Å². The summed E-state index contributed by atoms with van der Waals surface area (Å²) in [5, 5.41) is 10.8. The lowest BCUT2D eigenvalue weighted by Crippen LogP contribution is -2.35. The molecule has 8 heteroatoms. The minimum Gasteiger partial charge on any atom is -0.464 e. The van der Waals surface area contributed by atoms with Crippen molar-refractivity contribution in [3.05, 3.63) is 11.9 Å². The predicted octanol–water partition coefficient (Wildman–Crippen LogP) is 2.68. The second-order valence-corrected chi connectivity index (χ2v) is 8.90. The molecule has 28 heavy (non-hydrogen) atoms. The Balaban J connectivity index is 2.28. The Morgan fingerprint density at radius 3 is 2.43 bits per heavy atom. The number of carbonyl (C=O) groups excluding carboxylic acids is 2. The van der Waals surface area contributed by atoms with Gasteiger partial charge in [0, 0.05) is 32.7 Å². The summed E-state index contributed by atoms with van der Waals surface area (Å²) in [6.07, 6.45) is 3.18. The first-order chi connectivity index (χ1) is 12.9. The average molecular weight is 397 g/mol. The van der Waals surface area contributed by atoms with E-state index >= 15 is 0 Å². The molecule has 0 saturated heterocycles. The van der Waals surface area contributed by atoms with Gasteiger partial charge in [0.25, 0.3) is 0 Å². The highest BCUT2D eigenvalue weighted by atomic mass is 16.5. The van der Waals surface area contributed by atoms with Crippen molar-refractivity contribution in [2.75, 3.05) is 19.8 Å². The van der Waals surface area contributed by atoms with Crippen LogP contribution in [0.2, 0.25) is 0 Å². The molecule has 0 unspecified atom stereocenters. The number of esters is 1. The number of aromatic nitrogens is 3. The fraction of sp³-hybridized carbons (Fsp3) is 0.800. The van der Waals surface area contributed by atoms with Crippen LogP contribution in [0, 0.1) is 5.41 Å². The van der Waals surface area contributed by atoms with Gasteiger partial charge < -0.3 is 14.8 Å². The molecule has 0 aliphatic carbocycles. The molecule has 0 spiro atoms. The van der Waals surface area contributed by atoms with E-state index in [4.69, 9.17) is 9.47 Å². The zero-order valence-electron chi connectivity index (χ0n) is 18.4. The summed E-state index contributed by atoms with van der Waals surface area (Å²) in [5.74, 6) is -0.0964. The molecule has 0 aliphatic heterocycles. The third-order valence-corrected chi connectivity index (χ3v) is 4.49. The number of ether oxygens (including phenoxy) is 2. The van der Waals surface area contributed by atoms with Crippen molar-refractivity contribution in [2.45, 2.75) is 79.4 Å². The smallest absolute Gasteiger partial charge is 0.327 e. The van der Waals surface area contributed by atoms with Crippen molar-refractivity contribution in [3.63, 3.8) is 0 Å². The summed E-state index contributed by atoms with van der Waals surface area (Å²) in [6.45, 7) is 15.2. The zero-order valence-corrected chi connectivity index (χ0v) is 18.4. The van der Waals surface area contributed by atoms with Crippen molar-refractivity contribution < 1.29 is 19.1 Å². The summed E-state index contributed by atoms with van der Waals surface area (Å²) in [7, 11) is 0. The zero-order chi connectivity index (χ0) is 21.4. The summed E-state index contributed by atoms with van der Waals surface area (Å²) < 4.78 is 12.8. The Labute approximate surface area is 168 Å². The molecular weight excluding hydrogens is 360 g/mol. The third kappa shape index (κ3) is 9.82. The molecule has 0 aliphatic rings. The lowest BCUT2D eigenvalue weighted by molar-refractivity contribution is -0.146. The van der Waals surface area contributed by atoms with Gasteiger partial charge in [-0.05, 0) is 31.6 Å². The van der Waals surface area contributed by atoms with Gasteiger partial charge in [0.05, 0.1) is 17.9 Å². The molecule has 1 N–H and O–H groups in total. The molecule has 1 aromatic heterocycles. The molecule has 1 aromatic rings. The van der Waals surface area contributed by atoms with Gasteiger partial charge in [0.15, 0.2) is 0 Å². The number of carbonyl (C=O) groups is 2. The number of amides is 1. The lowest BCUT2D eigenvalue weighted by atomic mass is 9.89. The van der Waals surface area contributed by atoms with Gasteiger partial charge in [-0.1, -0.05) is 32.9 Å². The first-order valence-electron chi connectivity index (χ1n) is 9.84. The third-order valence-electron chi connectivity index (χ3n) is 4.49. The SMILES string of the molecule is CC(=O)NCC(C)(C)CCOC(C)(C)CCOC(=O)Cn1cc(C(C)C)nn1. The fourth-order valence-electron chi connectivity index (χ4n) is 2.37. The predicted molar refractivity (Wildman–Crippen MR) is 107 cm³/mol. The van der Waals surface area contributed by atoms with E-state index in [1.807, 2.05) is 27.7 Å². The molecular formula is C20H36N4O4. The van der Waals surface area contributed by atoms with Crippen LogP contribution in [-0.4, -0.2) is 52.2 Å². The first-order valence-corrected chi connectivity index (χ1v) is 9.84. The summed E-state index contributed by atoms with van der Waals surface area (Å²) in [5.41, 5.74) is 0.410. The van der Waals surface area contributed by atoms with Crippen molar-refractivity contribution in [2.24, 2.45) is 5.41 Å². The number of hydrogen-bond acceptors (Lipinski definition) is 6. The minimum absolute atomic E-state index is 0.0255. The highest BCUT2D eigenvalue weighted by molar-refractivity contribution is 5.72. The van der Waals surface area contributed by atoms with Gasteiger partial charge in [0.1, 0.15) is 6.54 Å². The van der Waals surface area contributed by atoms with Gasteiger partial charge in [-0.15, -0.1) is 5.10 Å². The lowest BCUT2D eigenvalue weighted by Gasteiger charge is -2.29. The number of hydrogen-bond donors (Lipinski definition) is 1. The Morgan fingerprint density at radius 2 is 1.86 bits per heavy atom. The van der Waals surface area contributed by atoms with Crippen molar-refractivity contribution >= 4 is 11.9 Å². The van der Waals surface area contributed by atoms with Crippen LogP contribution >= 0.6 is 0 Å². The Hall–Kier alpha value is -1.96. The number of nitrogens with zero attached hydrogens (tertiary/aromatic N) is 3. The van der Waals surface area contributed by atoms with Crippen LogP contribution < -0.4 is 5.32 Å². The first kappa shape index (κ1) is 24.1. The van der Waals surface area contributed by atoms with E-state index in [0.29, 0.717) is 19.6 Å². The van der Waals surface area contributed by atoms with Gasteiger partial charge in [-0.25, -0.2) is 4.68 Å². The molecule has 8 nitrogen and oxygen atoms in total. The second-order valence-electron chi connectivity index (χ2n) is 8.90. The summed E-state index contributed by atoms with van der Waals surface area (Å²) in [4.78, 5) is 23.0. The highest BCUT2D eigenvalue weighted by Crippen LogP contribution is 2.22. The van der Waals surface area contributed by atoms with Gasteiger partial charge in [-0.2, -0.15) is 0 Å². The monoisotopic (exact) mass is 396 g/mol. The van der Waals surface area contributed by atoms with E-state index in [1.165, 1.54) is 11.6 Å². The molecule has 0 radical (unpaired) electrons. The van der Waals surface area contributed by atoms with E-state index < -0.39 is 5.60 Å². The molecule has 0 fully saturated rings. The maximum Gasteiger partial charge on any atom is 0.327 e. The maximum absolute atomic E-state index is 12.0. The average Bonchev–Trinajstić information content (AvgIpc) is 3.01. The standard InChI is InChI=1S/C20H36N4O4/c1-15(2)17-12-24(23-22-17)13-18(26)27-10-9-20(6,7)28-11-8-19(4,5)14-21-16(3)25/h12,15H,8-11,13-14H2,1-7H3,(H,21,25). The van der Waals surface area contributed by atoms with E-state index in [9.17, 15) is 9.59 Å². The molecule has 0 bridgehead atoms. The van der Waals surface area contributed by atoms with Crippen LogP contribution in [0.5, 0.6) is 0 Å².